The summed E-state index contributed by atoms with van der Waals surface area (Å²) in [7, 11) is 1.67. The Morgan fingerprint density at radius 2 is 1.97 bits per heavy atom. The maximum atomic E-state index is 12.6. The molecule has 1 fully saturated rings. The van der Waals surface area contributed by atoms with Gasteiger partial charge in [-0.2, -0.15) is 0 Å². The van der Waals surface area contributed by atoms with E-state index in [0.717, 1.165) is 29.4 Å². The van der Waals surface area contributed by atoms with Crippen molar-refractivity contribution in [3.05, 3.63) is 65.4 Å². The normalized spacial score (nSPS) is 15.8. The number of rotatable bonds is 7. The van der Waals surface area contributed by atoms with Crippen LogP contribution in [0.5, 0.6) is 5.75 Å². The van der Waals surface area contributed by atoms with Crippen molar-refractivity contribution in [2.24, 2.45) is 0 Å². The third-order valence-corrected chi connectivity index (χ3v) is 6.39. The fraction of sp³-hybridized carbons (Fsp3) is 0.364. The molecule has 152 valence electrons. The van der Waals surface area contributed by atoms with E-state index in [-0.39, 0.29) is 17.7 Å². The van der Waals surface area contributed by atoms with Crippen LogP contribution < -0.4 is 10.1 Å². The van der Waals surface area contributed by atoms with Crippen LogP contribution in [0.15, 0.2) is 54.2 Å². The summed E-state index contributed by atoms with van der Waals surface area (Å²) in [6.45, 7) is 2.00. The number of carbonyl (C=O) groups is 1. The highest BCUT2D eigenvalue weighted by Gasteiger charge is 2.35. The average molecular weight is 412 g/mol. The van der Waals surface area contributed by atoms with Gasteiger partial charge in [-0.05, 0) is 42.7 Å². The van der Waals surface area contributed by atoms with Gasteiger partial charge < -0.3 is 19.4 Å². The smallest absolute Gasteiger partial charge is 0.226 e. The first kappa shape index (κ1) is 19.7. The predicted molar refractivity (Wildman–Crippen MR) is 113 cm³/mol. The molecule has 0 atom stereocenters. The molecule has 1 aliphatic heterocycles. The summed E-state index contributed by atoms with van der Waals surface area (Å²) >= 11 is 1.54. The Labute approximate surface area is 174 Å². The SMILES string of the molecule is COc1ccc(C2(CNC(=O)Cc3csc(-n4cccc4)n3)CCOCC2)cc1. The number of methoxy groups -OCH3 is 1. The number of hydrogen-bond acceptors (Lipinski definition) is 5. The van der Waals surface area contributed by atoms with Gasteiger partial charge in [-0.1, -0.05) is 12.1 Å². The van der Waals surface area contributed by atoms with E-state index < -0.39 is 0 Å². The predicted octanol–water partition coefficient (Wildman–Crippen LogP) is 3.35. The summed E-state index contributed by atoms with van der Waals surface area (Å²) in [6.07, 6.45) is 5.95. The molecule has 0 unspecified atom stereocenters. The van der Waals surface area contributed by atoms with Crippen molar-refractivity contribution in [2.45, 2.75) is 24.7 Å². The molecular weight excluding hydrogens is 386 g/mol. The van der Waals surface area contributed by atoms with Crippen LogP contribution in [-0.2, 0) is 21.4 Å². The maximum Gasteiger partial charge on any atom is 0.226 e. The molecule has 2 aromatic heterocycles. The molecule has 4 rings (SSSR count). The number of ether oxygens (including phenoxy) is 2. The van der Waals surface area contributed by atoms with Crippen molar-refractivity contribution in [3.8, 4) is 10.9 Å². The van der Waals surface area contributed by atoms with Crippen LogP contribution in [0.25, 0.3) is 5.13 Å². The third-order valence-electron chi connectivity index (χ3n) is 5.48. The molecule has 0 spiro atoms. The first-order chi connectivity index (χ1) is 14.2. The number of nitrogens with zero attached hydrogens (tertiary/aromatic N) is 2. The van der Waals surface area contributed by atoms with Crippen LogP contribution in [0.1, 0.15) is 24.1 Å². The molecule has 1 aromatic carbocycles. The molecule has 1 amide bonds. The lowest BCUT2D eigenvalue weighted by atomic mass is 9.74. The molecule has 7 heteroatoms. The molecule has 3 heterocycles. The highest BCUT2D eigenvalue weighted by Crippen LogP contribution is 2.35. The van der Waals surface area contributed by atoms with Gasteiger partial charge in [0.05, 0.1) is 19.2 Å². The van der Waals surface area contributed by atoms with Gasteiger partial charge in [0.15, 0.2) is 5.13 Å². The molecule has 29 heavy (non-hydrogen) atoms. The van der Waals surface area contributed by atoms with Crippen molar-refractivity contribution < 1.29 is 14.3 Å². The molecule has 1 aliphatic rings. The van der Waals surface area contributed by atoms with E-state index in [4.69, 9.17) is 9.47 Å². The van der Waals surface area contributed by atoms with Gasteiger partial charge >= 0.3 is 0 Å². The quantitative estimate of drug-likeness (QED) is 0.648. The molecule has 6 nitrogen and oxygen atoms in total. The van der Waals surface area contributed by atoms with Crippen molar-refractivity contribution in [1.82, 2.24) is 14.9 Å². The van der Waals surface area contributed by atoms with E-state index in [2.05, 4.69) is 22.4 Å². The highest BCUT2D eigenvalue weighted by molar-refractivity contribution is 7.12. The Morgan fingerprint density at radius 3 is 2.66 bits per heavy atom. The fourth-order valence-corrected chi connectivity index (χ4v) is 4.52. The minimum Gasteiger partial charge on any atom is -0.497 e. The van der Waals surface area contributed by atoms with E-state index in [1.165, 1.54) is 16.9 Å². The van der Waals surface area contributed by atoms with E-state index >= 15 is 0 Å². The molecule has 1 N–H and O–H groups in total. The topological polar surface area (TPSA) is 65.4 Å². The lowest BCUT2D eigenvalue weighted by Crippen LogP contribution is -2.45. The van der Waals surface area contributed by atoms with Crippen molar-refractivity contribution >= 4 is 17.2 Å². The van der Waals surface area contributed by atoms with E-state index in [0.29, 0.717) is 19.8 Å². The number of carbonyl (C=O) groups excluding carboxylic acids is 1. The summed E-state index contributed by atoms with van der Waals surface area (Å²) < 4.78 is 12.8. The van der Waals surface area contributed by atoms with Crippen LogP contribution in [0.2, 0.25) is 0 Å². The number of amides is 1. The van der Waals surface area contributed by atoms with Crippen molar-refractivity contribution in [3.63, 3.8) is 0 Å². The first-order valence-corrected chi connectivity index (χ1v) is 10.6. The highest BCUT2D eigenvalue weighted by atomic mass is 32.1. The number of benzene rings is 1. The van der Waals surface area contributed by atoms with Gasteiger partial charge in [-0.15, -0.1) is 11.3 Å². The standard InChI is InChI=1S/C22H25N3O3S/c1-27-19-6-4-17(5-7-19)22(8-12-28-13-9-22)16-23-20(26)14-18-15-29-21(24-18)25-10-2-3-11-25/h2-7,10-11,15H,8-9,12-14,16H2,1H3,(H,23,26). The summed E-state index contributed by atoms with van der Waals surface area (Å²) in [5.74, 6) is 0.829. The second kappa shape index (κ2) is 8.80. The average Bonchev–Trinajstić information content (AvgIpc) is 3.45. The molecular formula is C22H25N3O3S. The van der Waals surface area contributed by atoms with Gasteiger partial charge in [0.2, 0.25) is 5.91 Å². The fourth-order valence-electron chi connectivity index (χ4n) is 3.73. The van der Waals surface area contributed by atoms with Crippen molar-refractivity contribution in [1.29, 1.82) is 0 Å². The Kier molecular flexibility index (Phi) is 5.97. The van der Waals surface area contributed by atoms with Crippen LogP contribution in [0.3, 0.4) is 0 Å². The van der Waals surface area contributed by atoms with Crippen LogP contribution in [0, 0.1) is 0 Å². The summed E-state index contributed by atoms with van der Waals surface area (Å²) in [5, 5.41) is 5.96. The van der Waals surface area contributed by atoms with Gasteiger partial charge in [-0.25, -0.2) is 4.98 Å². The Balaban J connectivity index is 1.41. The van der Waals surface area contributed by atoms with Crippen LogP contribution in [0.4, 0.5) is 0 Å². The summed E-state index contributed by atoms with van der Waals surface area (Å²) in [5.41, 5.74) is 1.89. The largest absolute Gasteiger partial charge is 0.497 e. The second-order valence-corrected chi connectivity index (χ2v) is 8.12. The Morgan fingerprint density at radius 1 is 1.24 bits per heavy atom. The van der Waals surface area contributed by atoms with E-state index in [1.807, 2.05) is 46.6 Å². The maximum absolute atomic E-state index is 12.6. The van der Waals surface area contributed by atoms with Gasteiger partial charge in [0.25, 0.3) is 0 Å². The molecule has 0 aliphatic carbocycles. The zero-order chi connectivity index (χ0) is 20.1. The Bertz CT molecular complexity index is 929. The monoisotopic (exact) mass is 411 g/mol. The van der Waals surface area contributed by atoms with Crippen LogP contribution >= 0.6 is 11.3 Å². The summed E-state index contributed by atoms with van der Waals surface area (Å²) in [4.78, 5) is 17.2. The second-order valence-electron chi connectivity index (χ2n) is 7.29. The lowest BCUT2D eigenvalue weighted by molar-refractivity contribution is -0.121. The van der Waals surface area contributed by atoms with Crippen LogP contribution in [-0.4, -0.2) is 42.3 Å². The van der Waals surface area contributed by atoms with Crippen molar-refractivity contribution in [2.75, 3.05) is 26.9 Å². The molecule has 3 aromatic rings. The van der Waals surface area contributed by atoms with E-state index in [1.54, 1.807) is 7.11 Å². The molecule has 1 saturated heterocycles. The van der Waals surface area contributed by atoms with Gasteiger partial charge in [0, 0.05) is 42.9 Å². The van der Waals surface area contributed by atoms with E-state index in [9.17, 15) is 4.79 Å². The third kappa shape index (κ3) is 4.52. The molecule has 0 bridgehead atoms. The zero-order valence-electron chi connectivity index (χ0n) is 16.5. The first-order valence-electron chi connectivity index (χ1n) is 9.75. The number of thiazole rings is 1. The minimum atomic E-state index is -0.113. The Hall–Kier alpha value is -2.64. The lowest BCUT2D eigenvalue weighted by Gasteiger charge is -2.38. The number of nitrogens with one attached hydrogen (secondary N) is 1. The summed E-state index contributed by atoms with van der Waals surface area (Å²) in [6, 6.07) is 12.1. The van der Waals surface area contributed by atoms with Gasteiger partial charge in [-0.3, -0.25) is 4.79 Å². The minimum absolute atomic E-state index is 0.00580. The molecule has 0 radical (unpaired) electrons. The number of hydrogen-bond donors (Lipinski definition) is 1. The van der Waals surface area contributed by atoms with Gasteiger partial charge in [0.1, 0.15) is 5.75 Å². The zero-order valence-corrected chi connectivity index (χ0v) is 17.3. The number of aromatic nitrogens is 2. The molecule has 0 saturated carbocycles.